The molecule has 144 valence electrons. The minimum Gasteiger partial charge on any atom is -0.353 e. The Balaban J connectivity index is 1.62. The van der Waals surface area contributed by atoms with E-state index in [0.29, 0.717) is 32.6 Å². The molecule has 0 bridgehead atoms. The summed E-state index contributed by atoms with van der Waals surface area (Å²) in [5.41, 5.74) is 1.15. The van der Waals surface area contributed by atoms with Crippen LogP contribution in [-0.2, 0) is 17.4 Å². The number of aromatic nitrogens is 2. The van der Waals surface area contributed by atoms with Gasteiger partial charge in [-0.1, -0.05) is 29.8 Å². The van der Waals surface area contributed by atoms with Crippen molar-refractivity contribution in [2.45, 2.75) is 26.4 Å². The average Bonchev–Trinajstić information content (AvgIpc) is 2.62. The summed E-state index contributed by atoms with van der Waals surface area (Å²) in [6, 6.07) is 8.78. The second-order valence-electron chi connectivity index (χ2n) is 6.69. The number of carbonyl (C=O) groups excluding carboxylic acids is 1. The van der Waals surface area contributed by atoms with E-state index in [0.717, 1.165) is 17.2 Å². The second kappa shape index (κ2) is 7.54. The van der Waals surface area contributed by atoms with E-state index in [2.05, 4.69) is 9.97 Å². The van der Waals surface area contributed by atoms with Gasteiger partial charge in [0.1, 0.15) is 17.3 Å². The number of nitrogens with zero attached hydrogens (tertiary/aromatic N) is 4. The Morgan fingerprint density at radius 2 is 1.67 bits per heavy atom. The van der Waals surface area contributed by atoms with Crippen molar-refractivity contribution in [3.05, 3.63) is 53.0 Å². The van der Waals surface area contributed by atoms with Gasteiger partial charge in [0, 0.05) is 32.2 Å². The largest absolute Gasteiger partial charge is 0.433 e. The van der Waals surface area contributed by atoms with Gasteiger partial charge < -0.3 is 9.80 Å². The molecule has 0 saturated carbocycles. The Bertz CT molecular complexity index is 813. The number of hydrogen-bond donors (Lipinski definition) is 0. The predicted molar refractivity (Wildman–Crippen MR) is 95.4 cm³/mol. The van der Waals surface area contributed by atoms with Gasteiger partial charge in [0.15, 0.2) is 0 Å². The number of benzene rings is 1. The van der Waals surface area contributed by atoms with E-state index in [1.165, 1.54) is 6.92 Å². The first-order valence-electron chi connectivity index (χ1n) is 8.73. The molecule has 1 aliphatic heterocycles. The van der Waals surface area contributed by atoms with Gasteiger partial charge in [0.2, 0.25) is 5.91 Å². The van der Waals surface area contributed by atoms with E-state index in [-0.39, 0.29) is 17.5 Å². The van der Waals surface area contributed by atoms with Gasteiger partial charge in [-0.05, 0) is 19.4 Å². The number of halogens is 3. The standard InChI is InChI=1S/C19H21F3N4O/c1-13-3-5-15(6-4-13)11-18(27)26-9-7-25(8-10-26)17-12-16(19(20,21)22)23-14(2)24-17/h3-6,12H,7-11H2,1-2H3. The van der Waals surface area contributed by atoms with Crippen LogP contribution >= 0.6 is 0 Å². The van der Waals surface area contributed by atoms with E-state index in [1.54, 1.807) is 9.80 Å². The minimum atomic E-state index is -4.51. The molecule has 1 amide bonds. The molecule has 0 spiro atoms. The highest BCUT2D eigenvalue weighted by Gasteiger charge is 2.34. The molecule has 0 N–H and O–H groups in total. The van der Waals surface area contributed by atoms with E-state index in [1.807, 2.05) is 31.2 Å². The average molecular weight is 378 g/mol. The zero-order valence-corrected chi connectivity index (χ0v) is 15.3. The molecule has 1 aromatic heterocycles. The van der Waals surface area contributed by atoms with Crippen LogP contribution in [0, 0.1) is 13.8 Å². The number of amides is 1. The molecule has 0 aliphatic carbocycles. The van der Waals surface area contributed by atoms with Crippen molar-refractivity contribution in [3.63, 3.8) is 0 Å². The first kappa shape index (κ1) is 19.1. The third kappa shape index (κ3) is 4.75. The van der Waals surface area contributed by atoms with E-state index in [9.17, 15) is 18.0 Å². The van der Waals surface area contributed by atoms with Crippen molar-refractivity contribution in [1.29, 1.82) is 0 Å². The summed E-state index contributed by atoms with van der Waals surface area (Å²) < 4.78 is 38.9. The monoisotopic (exact) mass is 378 g/mol. The molecule has 1 aliphatic rings. The minimum absolute atomic E-state index is 0.0216. The van der Waals surface area contributed by atoms with Crippen LogP contribution in [-0.4, -0.2) is 47.0 Å². The summed E-state index contributed by atoms with van der Waals surface area (Å²) in [5.74, 6) is 0.353. The van der Waals surface area contributed by atoms with Crippen LogP contribution in [0.3, 0.4) is 0 Å². The van der Waals surface area contributed by atoms with E-state index >= 15 is 0 Å². The Kier molecular flexibility index (Phi) is 5.34. The molecule has 0 atom stereocenters. The number of hydrogen-bond acceptors (Lipinski definition) is 4. The molecule has 5 nitrogen and oxygen atoms in total. The molecule has 2 heterocycles. The molecule has 27 heavy (non-hydrogen) atoms. The fraction of sp³-hybridized carbons (Fsp3) is 0.421. The Morgan fingerprint density at radius 3 is 2.26 bits per heavy atom. The number of aryl methyl sites for hydroxylation is 2. The van der Waals surface area contributed by atoms with Gasteiger partial charge in [-0.25, -0.2) is 9.97 Å². The van der Waals surface area contributed by atoms with Crippen LogP contribution in [0.25, 0.3) is 0 Å². The summed E-state index contributed by atoms with van der Waals surface area (Å²) >= 11 is 0. The molecule has 2 aromatic rings. The molecule has 3 rings (SSSR count). The topological polar surface area (TPSA) is 49.3 Å². The number of anilines is 1. The van der Waals surface area contributed by atoms with Gasteiger partial charge in [-0.2, -0.15) is 13.2 Å². The number of alkyl halides is 3. The van der Waals surface area contributed by atoms with Crippen LogP contribution in [0.1, 0.15) is 22.6 Å². The molecule has 1 fully saturated rings. The smallest absolute Gasteiger partial charge is 0.353 e. The number of piperazine rings is 1. The summed E-state index contributed by atoms with van der Waals surface area (Å²) in [5, 5.41) is 0. The van der Waals surface area contributed by atoms with Gasteiger partial charge >= 0.3 is 6.18 Å². The highest BCUT2D eigenvalue weighted by Crippen LogP contribution is 2.29. The lowest BCUT2D eigenvalue weighted by molar-refractivity contribution is -0.141. The zero-order valence-electron chi connectivity index (χ0n) is 15.3. The van der Waals surface area contributed by atoms with Crippen LogP contribution in [0.4, 0.5) is 19.0 Å². The molecular weight excluding hydrogens is 357 g/mol. The van der Waals surface area contributed by atoms with Crippen molar-refractivity contribution < 1.29 is 18.0 Å². The Labute approximate surface area is 155 Å². The van der Waals surface area contributed by atoms with Gasteiger partial charge in [-0.15, -0.1) is 0 Å². The molecule has 8 heteroatoms. The van der Waals surface area contributed by atoms with Gasteiger partial charge in [0.05, 0.1) is 6.42 Å². The van der Waals surface area contributed by atoms with E-state index < -0.39 is 11.9 Å². The lowest BCUT2D eigenvalue weighted by atomic mass is 10.1. The first-order chi connectivity index (χ1) is 12.7. The zero-order chi connectivity index (χ0) is 19.6. The molecular formula is C19H21F3N4O. The lowest BCUT2D eigenvalue weighted by Crippen LogP contribution is -2.49. The SMILES string of the molecule is Cc1ccc(CC(=O)N2CCN(c3cc(C(F)(F)F)nc(C)n3)CC2)cc1. The lowest BCUT2D eigenvalue weighted by Gasteiger charge is -2.35. The quantitative estimate of drug-likeness (QED) is 0.824. The third-order valence-corrected chi connectivity index (χ3v) is 4.55. The van der Waals surface area contributed by atoms with E-state index in [4.69, 9.17) is 0 Å². The van der Waals surface area contributed by atoms with Crippen molar-refractivity contribution >= 4 is 11.7 Å². The van der Waals surface area contributed by atoms with Crippen LogP contribution in [0.15, 0.2) is 30.3 Å². The highest BCUT2D eigenvalue weighted by molar-refractivity contribution is 5.79. The maximum atomic E-state index is 13.0. The van der Waals surface area contributed by atoms with Crippen molar-refractivity contribution in [2.75, 3.05) is 31.1 Å². The van der Waals surface area contributed by atoms with Crippen molar-refractivity contribution in [1.82, 2.24) is 14.9 Å². The Hall–Kier alpha value is -2.64. The van der Waals surface area contributed by atoms with Crippen molar-refractivity contribution in [2.24, 2.45) is 0 Å². The maximum Gasteiger partial charge on any atom is 0.433 e. The second-order valence-corrected chi connectivity index (χ2v) is 6.69. The van der Waals surface area contributed by atoms with Crippen LogP contribution < -0.4 is 4.90 Å². The summed E-state index contributed by atoms with van der Waals surface area (Å²) in [6.45, 7) is 5.22. The fourth-order valence-electron chi connectivity index (χ4n) is 3.04. The maximum absolute atomic E-state index is 13.0. The molecule has 0 radical (unpaired) electrons. The first-order valence-corrected chi connectivity index (χ1v) is 8.73. The number of carbonyl (C=O) groups is 1. The fourth-order valence-corrected chi connectivity index (χ4v) is 3.04. The van der Waals surface area contributed by atoms with Crippen LogP contribution in [0.2, 0.25) is 0 Å². The summed E-state index contributed by atoms with van der Waals surface area (Å²) in [7, 11) is 0. The normalized spacial score (nSPS) is 15.1. The molecule has 1 aromatic carbocycles. The third-order valence-electron chi connectivity index (χ3n) is 4.55. The van der Waals surface area contributed by atoms with Crippen LogP contribution in [0.5, 0.6) is 0 Å². The predicted octanol–water partition coefficient (Wildman–Crippen LogP) is 3.00. The molecule has 1 saturated heterocycles. The highest BCUT2D eigenvalue weighted by atomic mass is 19.4. The molecule has 0 unspecified atom stereocenters. The van der Waals surface area contributed by atoms with Gasteiger partial charge in [-0.3, -0.25) is 4.79 Å². The summed E-state index contributed by atoms with van der Waals surface area (Å²) in [6.07, 6.45) is -4.18. The number of rotatable bonds is 3. The van der Waals surface area contributed by atoms with Gasteiger partial charge in [0.25, 0.3) is 0 Å². The van der Waals surface area contributed by atoms with Crippen molar-refractivity contribution in [3.8, 4) is 0 Å². The summed E-state index contributed by atoms with van der Waals surface area (Å²) in [4.78, 5) is 23.6. The Morgan fingerprint density at radius 1 is 1.04 bits per heavy atom.